The van der Waals surface area contributed by atoms with Crippen molar-refractivity contribution in [3.8, 4) is 0 Å². The third-order valence-electron chi connectivity index (χ3n) is 4.78. The number of nitrogens with zero attached hydrogens (tertiary/aromatic N) is 2. The van der Waals surface area contributed by atoms with Crippen molar-refractivity contribution in [3.05, 3.63) is 0 Å². The number of likely N-dealkylation sites (N-methyl/N-ethyl adjacent to an activating group) is 1. The fourth-order valence-electron chi connectivity index (χ4n) is 3.77. The molecule has 2 aliphatic rings. The van der Waals surface area contributed by atoms with E-state index in [2.05, 4.69) is 30.8 Å². The lowest BCUT2D eigenvalue weighted by Gasteiger charge is -2.36. The maximum Gasteiger partial charge on any atom is 0.308 e. The molecule has 2 rings (SSSR count). The van der Waals surface area contributed by atoms with Crippen LogP contribution in [0.4, 0.5) is 0 Å². The summed E-state index contributed by atoms with van der Waals surface area (Å²) in [5.74, 6) is -0.108. The van der Waals surface area contributed by atoms with Gasteiger partial charge in [-0.2, -0.15) is 0 Å². The lowest BCUT2D eigenvalue weighted by atomic mass is 9.83. The fourth-order valence-corrected chi connectivity index (χ4v) is 3.77. The van der Waals surface area contributed by atoms with Gasteiger partial charge in [0, 0.05) is 25.2 Å². The maximum absolute atomic E-state index is 11.4. The third kappa shape index (κ3) is 2.69. The normalized spacial score (nSPS) is 38.2. The molecule has 18 heavy (non-hydrogen) atoms. The van der Waals surface area contributed by atoms with Gasteiger partial charge in [-0.05, 0) is 32.9 Å². The van der Waals surface area contributed by atoms with Gasteiger partial charge in [0.25, 0.3) is 0 Å². The zero-order chi connectivity index (χ0) is 13.3. The Hall–Kier alpha value is -0.610. The van der Waals surface area contributed by atoms with Crippen LogP contribution in [0.1, 0.15) is 32.6 Å². The van der Waals surface area contributed by atoms with Crippen LogP contribution >= 0.6 is 0 Å². The summed E-state index contributed by atoms with van der Waals surface area (Å²) in [4.78, 5) is 16.1. The van der Waals surface area contributed by atoms with E-state index in [-0.39, 0.29) is 12.0 Å². The first-order chi connectivity index (χ1) is 8.50. The van der Waals surface area contributed by atoms with E-state index in [1.807, 2.05) is 0 Å². The number of hydrogen-bond acceptors (Lipinski definition) is 3. The number of rotatable bonds is 3. The molecule has 4 unspecified atom stereocenters. The molecule has 0 radical (unpaired) electrons. The van der Waals surface area contributed by atoms with Crippen LogP contribution in [-0.2, 0) is 4.79 Å². The number of carbonyl (C=O) groups is 1. The molecule has 0 aromatic carbocycles. The smallest absolute Gasteiger partial charge is 0.308 e. The molecule has 4 heteroatoms. The monoisotopic (exact) mass is 254 g/mol. The quantitative estimate of drug-likeness (QED) is 0.829. The van der Waals surface area contributed by atoms with E-state index >= 15 is 0 Å². The zero-order valence-electron chi connectivity index (χ0n) is 11.8. The molecular weight excluding hydrogens is 228 g/mol. The molecule has 1 heterocycles. The Bertz CT molecular complexity index is 306. The third-order valence-corrected chi connectivity index (χ3v) is 4.78. The first-order valence-electron chi connectivity index (χ1n) is 7.14. The molecule has 4 atom stereocenters. The summed E-state index contributed by atoms with van der Waals surface area (Å²) < 4.78 is 0. The first-order valence-corrected chi connectivity index (χ1v) is 7.14. The van der Waals surface area contributed by atoms with Crippen molar-refractivity contribution in [2.45, 2.75) is 44.7 Å². The molecule has 2 fully saturated rings. The Kier molecular flexibility index (Phi) is 4.28. The van der Waals surface area contributed by atoms with Crippen LogP contribution in [-0.4, -0.2) is 60.1 Å². The minimum absolute atomic E-state index is 0.146. The van der Waals surface area contributed by atoms with Crippen molar-refractivity contribution < 1.29 is 9.90 Å². The van der Waals surface area contributed by atoms with Crippen LogP contribution in [0, 0.1) is 11.8 Å². The second kappa shape index (κ2) is 5.57. The Morgan fingerprint density at radius 1 is 1.22 bits per heavy atom. The standard InChI is InChI=1S/C14H26N2O2/c1-10-8-16(9-13(10)15(2)3)12-7-5-4-6-11(12)14(17)18/h10-13H,4-9H2,1-3H3,(H,17,18). The van der Waals surface area contributed by atoms with Gasteiger partial charge in [-0.3, -0.25) is 9.69 Å². The minimum atomic E-state index is -0.597. The summed E-state index contributed by atoms with van der Waals surface area (Å²) in [7, 11) is 4.25. The second-order valence-electron chi connectivity index (χ2n) is 6.26. The molecule has 104 valence electrons. The largest absolute Gasteiger partial charge is 0.481 e. The maximum atomic E-state index is 11.4. The van der Waals surface area contributed by atoms with Gasteiger partial charge in [0.2, 0.25) is 0 Å². The average molecular weight is 254 g/mol. The van der Waals surface area contributed by atoms with Crippen molar-refractivity contribution in [2.75, 3.05) is 27.2 Å². The summed E-state index contributed by atoms with van der Waals surface area (Å²) >= 11 is 0. The van der Waals surface area contributed by atoms with Gasteiger partial charge in [0.1, 0.15) is 0 Å². The van der Waals surface area contributed by atoms with Crippen LogP contribution in [0.25, 0.3) is 0 Å². The van der Waals surface area contributed by atoms with Crippen LogP contribution in [0.3, 0.4) is 0 Å². The highest BCUT2D eigenvalue weighted by Crippen LogP contribution is 2.33. The molecule has 4 nitrogen and oxygen atoms in total. The summed E-state index contributed by atoms with van der Waals surface area (Å²) in [5.41, 5.74) is 0. The number of carboxylic acids is 1. The molecule has 0 spiro atoms. The lowest BCUT2D eigenvalue weighted by Crippen LogP contribution is -2.45. The van der Waals surface area contributed by atoms with Gasteiger partial charge in [-0.15, -0.1) is 0 Å². The summed E-state index contributed by atoms with van der Waals surface area (Å²) in [6, 6.07) is 0.838. The van der Waals surface area contributed by atoms with Crippen LogP contribution in [0.2, 0.25) is 0 Å². The Labute approximate surface area is 110 Å². The Morgan fingerprint density at radius 3 is 2.44 bits per heavy atom. The van der Waals surface area contributed by atoms with E-state index in [4.69, 9.17) is 0 Å². The van der Waals surface area contributed by atoms with E-state index in [0.29, 0.717) is 12.0 Å². The lowest BCUT2D eigenvalue weighted by molar-refractivity contribution is -0.145. The van der Waals surface area contributed by atoms with Gasteiger partial charge in [0.05, 0.1) is 5.92 Å². The highest BCUT2D eigenvalue weighted by Gasteiger charge is 2.40. The molecule has 0 amide bonds. The van der Waals surface area contributed by atoms with E-state index in [1.54, 1.807) is 0 Å². The zero-order valence-corrected chi connectivity index (χ0v) is 11.8. The van der Waals surface area contributed by atoms with Gasteiger partial charge in [0.15, 0.2) is 0 Å². The fraction of sp³-hybridized carbons (Fsp3) is 0.929. The van der Waals surface area contributed by atoms with Gasteiger partial charge >= 0.3 is 5.97 Å². The number of hydrogen-bond donors (Lipinski definition) is 1. The number of aliphatic carboxylic acids is 1. The minimum Gasteiger partial charge on any atom is -0.481 e. The van der Waals surface area contributed by atoms with Crippen molar-refractivity contribution in [1.29, 1.82) is 0 Å². The molecule has 0 aromatic rings. The van der Waals surface area contributed by atoms with E-state index in [1.165, 1.54) is 6.42 Å². The second-order valence-corrected chi connectivity index (χ2v) is 6.26. The summed E-state index contributed by atoms with van der Waals surface area (Å²) in [5, 5.41) is 9.37. The number of carboxylic acid groups (broad SMARTS) is 1. The van der Waals surface area contributed by atoms with Gasteiger partial charge < -0.3 is 10.0 Å². The SMILES string of the molecule is CC1CN(C2CCCCC2C(=O)O)CC1N(C)C. The molecular formula is C14H26N2O2. The predicted molar refractivity (Wildman–Crippen MR) is 71.6 cm³/mol. The average Bonchev–Trinajstić information content (AvgIpc) is 2.71. The molecule has 1 N–H and O–H groups in total. The Morgan fingerprint density at radius 2 is 1.89 bits per heavy atom. The molecule has 0 aromatic heterocycles. The van der Waals surface area contributed by atoms with E-state index in [9.17, 15) is 9.90 Å². The summed E-state index contributed by atoms with van der Waals surface area (Å²) in [6.45, 7) is 4.36. The van der Waals surface area contributed by atoms with Crippen LogP contribution in [0.15, 0.2) is 0 Å². The first kappa shape index (κ1) is 13.8. The number of likely N-dealkylation sites (tertiary alicyclic amines) is 1. The molecule has 0 bridgehead atoms. The summed E-state index contributed by atoms with van der Waals surface area (Å²) in [6.07, 6.45) is 4.18. The molecule has 1 aliphatic carbocycles. The van der Waals surface area contributed by atoms with Crippen molar-refractivity contribution in [1.82, 2.24) is 9.80 Å². The topological polar surface area (TPSA) is 43.8 Å². The predicted octanol–water partition coefficient (Wildman–Crippen LogP) is 1.51. The van der Waals surface area contributed by atoms with Crippen molar-refractivity contribution in [2.24, 2.45) is 11.8 Å². The van der Waals surface area contributed by atoms with Crippen LogP contribution < -0.4 is 0 Å². The highest BCUT2D eigenvalue weighted by atomic mass is 16.4. The molecule has 1 saturated heterocycles. The van der Waals surface area contributed by atoms with E-state index in [0.717, 1.165) is 32.4 Å². The van der Waals surface area contributed by atoms with Gasteiger partial charge in [-0.25, -0.2) is 0 Å². The van der Waals surface area contributed by atoms with E-state index < -0.39 is 5.97 Å². The molecule has 1 aliphatic heterocycles. The highest BCUT2D eigenvalue weighted by molar-refractivity contribution is 5.71. The van der Waals surface area contributed by atoms with Crippen molar-refractivity contribution >= 4 is 5.97 Å². The van der Waals surface area contributed by atoms with Crippen molar-refractivity contribution in [3.63, 3.8) is 0 Å². The Balaban J connectivity index is 2.04. The van der Waals surface area contributed by atoms with Gasteiger partial charge in [-0.1, -0.05) is 19.8 Å². The van der Waals surface area contributed by atoms with Crippen LogP contribution in [0.5, 0.6) is 0 Å². The molecule has 1 saturated carbocycles.